The molecule has 0 radical (unpaired) electrons. The van der Waals surface area contributed by atoms with Crippen molar-refractivity contribution in [1.82, 2.24) is 24.3 Å². The number of piperidine rings is 1. The van der Waals surface area contributed by atoms with Gasteiger partial charge in [-0.25, -0.2) is 0 Å². The van der Waals surface area contributed by atoms with Gasteiger partial charge in [0.05, 0.1) is 24.1 Å². The summed E-state index contributed by atoms with van der Waals surface area (Å²) in [5, 5.41) is 3.14. The number of nitrogens with zero attached hydrogens (tertiary/aromatic N) is 3. The molecule has 118 valence electrons. The number of hydrogen-bond acceptors (Lipinski definition) is 5. The standard InChI is InChI=1S/C13H23N5O2S/c1-11-7-16-13(9-15-11)10-17-21(19,20)18-5-3-12(4-6-18)8-14-2/h7,9,12,14,17H,3-6,8,10H2,1-2H3. The predicted octanol–water partition coefficient (Wildman–Crippen LogP) is 0.0508. The zero-order valence-electron chi connectivity index (χ0n) is 12.5. The van der Waals surface area contributed by atoms with Gasteiger partial charge in [0.25, 0.3) is 10.2 Å². The fourth-order valence-corrected chi connectivity index (χ4v) is 3.61. The molecule has 1 aliphatic rings. The van der Waals surface area contributed by atoms with Crippen molar-refractivity contribution in [3.05, 3.63) is 23.8 Å². The lowest BCUT2D eigenvalue weighted by atomic mass is 9.98. The van der Waals surface area contributed by atoms with Crippen molar-refractivity contribution in [1.29, 1.82) is 0 Å². The minimum absolute atomic E-state index is 0.173. The van der Waals surface area contributed by atoms with E-state index in [0.29, 0.717) is 24.7 Å². The van der Waals surface area contributed by atoms with Crippen LogP contribution in [0.1, 0.15) is 24.2 Å². The van der Waals surface area contributed by atoms with Crippen LogP contribution in [0, 0.1) is 12.8 Å². The highest BCUT2D eigenvalue weighted by molar-refractivity contribution is 7.87. The number of hydrogen-bond donors (Lipinski definition) is 2. The maximum atomic E-state index is 12.2. The van der Waals surface area contributed by atoms with Gasteiger partial charge in [0.15, 0.2) is 0 Å². The molecule has 1 saturated heterocycles. The topological polar surface area (TPSA) is 87.2 Å². The molecule has 21 heavy (non-hydrogen) atoms. The highest BCUT2D eigenvalue weighted by Crippen LogP contribution is 2.18. The highest BCUT2D eigenvalue weighted by Gasteiger charge is 2.27. The van der Waals surface area contributed by atoms with Crippen molar-refractivity contribution < 1.29 is 8.42 Å². The van der Waals surface area contributed by atoms with E-state index in [-0.39, 0.29) is 6.54 Å². The van der Waals surface area contributed by atoms with Crippen LogP contribution in [0.15, 0.2) is 12.4 Å². The third kappa shape index (κ3) is 4.70. The summed E-state index contributed by atoms with van der Waals surface area (Å²) in [6, 6.07) is 0. The average Bonchev–Trinajstić information content (AvgIpc) is 2.48. The van der Waals surface area contributed by atoms with E-state index in [2.05, 4.69) is 20.0 Å². The van der Waals surface area contributed by atoms with Gasteiger partial charge in [-0.1, -0.05) is 0 Å². The Kier molecular flexibility index (Phi) is 5.63. The molecule has 8 heteroatoms. The molecular formula is C13H23N5O2S. The summed E-state index contributed by atoms with van der Waals surface area (Å²) < 4.78 is 28.6. The number of rotatable bonds is 6. The molecule has 2 rings (SSSR count). The van der Waals surface area contributed by atoms with Crippen molar-refractivity contribution in [2.75, 3.05) is 26.7 Å². The van der Waals surface area contributed by atoms with Crippen molar-refractivity contribution in [3.63, 3.8) is 0 Å². The van der Waals surface area contributed by atoms with Gasteiger partial charge >= 0.3 is 0 Å². The fraction of sp³-hybridized carbons (Fsp3) is 0.692. The lowest BCUT2D eigenvalue weighted by Gasteiger charge is -2.31. The Labute approximate surface area is 126 Å². The zero-order valence-corrected chi connectivity index (χ0v) is 13.4. The Morgan fingerprint density at radius 2 is 2.00 bits per heavy atom. The van der Waals surface area contributed by atoms with Crippen molar-refractivity contribution in [2.45, 2.75) is 26.3 Å². The van der Waals surface area contributed by atoms with Crippen molar-refractivity contribution in [3.8, 4) is 0 Å². The van der Waals surface area contributed by atoms with E-state index in [9.17, 15) is 8.42 Å². The first-order chi connectivity index (χ1) is 10.0. The summed E-state index contributed by atoms with van der Waals surface area (Å²) in [6.45, 7) is 4.10. The molecule has 1 aromatic rings. The minimum atomic E-state index is -3.43. The summed E-state index contributed by atoms with van der Waals surface area (Å²) in [5.74, 6) is 0.560. The predicted molar refractivity (Wildman–Crippen MR) is 80.8 cm³/mol. The number of nitrogens with one attached hydrogen (secondary N) is 2. The normalized spacial score (nSPS) is 18.0. The van der Waals surface area contributed by atoms with Crippen LogP contribution >= 0.6 is 0 Å². The Hall–Kier alpha value is -1.09. The molecule has 2 N–H and O–H groups in total. The van der Waals surface area contributed by atoms with Crippen LogP contribution in [0.3, 0.4) is 0 Å². The molecule has 2 heterocycles. The SMILES string of the molecule is CNCC1CCN(S(=O)(=O)NCc2cnc(C)cn2)CC1. The summed E-state index contributed by atoms with van der Waals surface area (Å²) in [6.07, 6.45) is 5.02. The first-order valence-electron chi connectivity index (χ1n) is 7.18. The Bertz CT molecular complexity index is 538. The second-order valence-electron chi connectivity index (χ2n) is 5.38. The average molecular weight is 313 g/mol. The van der Waals surface area contributed by atoms with Gasteiger partial charge in [-0.3, -0.25) is 9.97 Å². The van der Waals surface area contributed by atoms with Gasteiger partial charge in [0.2, 0.25) is 0 Å². The Balaban J connectivity index is 1.86. The van der Waals surface area contributed by atoms with Gasteiger partial charge in [-0.2, -0.15) is 17.4 Å². The fourth-order valence-electron chi connectivity index (χ4n) is 2.41. The van der Waals surface area contributed by atoms with Crippen LogP contribution in [-0.2, 0) is 16.8 Å². The maximum absolute atomic E-state index is 12.2. The molecule has 1 fully saturated rings. The molecule has 0 bridgehead atoms. The van der Waals surface area contributed by atoms with E-state index >= 15 is 0 Å². The monoisotopic (exact) mass is 313 g/mol. The first kappa shape index (κ1) is 16.3. The molecule has 1 aromatic heterocycles. The third-order valence-corrected chi connectivity index (χ3v) is 5.23. The van der Waals surface area contributed by atoms with E-state index in [0.717, 1.165) is 25.1 Å². The summed E-state index contributed by atoms with van der Waals surface area (Å²) in [4.78, 5) is 8.25. The summed E-state index contributed by atoms with van der Waals surface area (Å²) in [5.41, 5.74) is 1.43. The molecule has 0 spiro atoms. The minimum Gasteiger partial charge on any atom is -0.319 e. The number of aryl methyl sites for hydroxylation is 1. The van der Waals surface area contributed by atoms with Gasteiger partial charge in [0.1, 0.15) is 0 Å². The van der Waals surface area contributed by atoms with Gasteiger partial charge < -0.3 is 5.32 Å². The largest absolute Gasteiger partial charge is 0.319 e. The van der Waals surface area contributed by atoms with Crippen LogP contribution in [0.4, 0.5) is 0 Å². The van der Waals surface area contributed by atoms with Gasteiger partial charge in [0, 0.05) is 19.3 Å². The smallest absolute Gasteiger partial charge is 0.279 e. The summed E-state index contributed by atoms with van der Waals surface area (Å²) in [7, 11) is -1.51. The molecule has 0 atom stereocenters. The van der Waals surface area contributed by atoms with Crippen LogP contribution < -0.4 is 10.0 Å². The van der Waals surface area contributed by atoms with E-state index in [1.54, 1.807) is 12.4 Å². The lowest BCUT2D eigenvalue weighted by molar-refractivity contribution is 0.268. The second-order valence-corrected chi connectivity index (χ2v) is 7.13. The first-order valence-corrected chi connectivity index (χ1v) is 8.62. The lowest BCUT2D eigenvalue weighted by Crippen LogP contribution is -2.45. The van der Waals surface area contributed by atoms with Crippen LogP contribution in [-0.4, -0.2) is 49.4 Å². The molecule has 0 saturated carbocycles. The van der Waals surface area contributed by atoms with E-state index in [1.165, 1.54) is 4.31 Å². The Morgan fingerprint density at radius 3 is 2.57 bits per heavy atom. The van der Waals surface area contributed by atoms with Crippen molar-refractivity contribution >= 4 is 10.2 Å². The molecular weight excluding hydrogens is 290 g/mol. The van der Waals surface area contributed by atoms with Crippen LogP contribution in [0.25, 0.3) is 0 Å². The summed E-state index contributed by atoms with van der Waals surface area (Å²) >= 11 is 0. The number of aromatic nitrogens is 2. The van der Waals surface area contributed by atoms with E-state index in [1.807, 2.05) is 14.0 Å². The molecule has 1 aliphatic heterocycles. The second kappa shape index (κ2) is 7.26. The molecule has 0 amide bonds. The van der Waals surface area contributed by atoms with Crippen LogP contribution in [0.5, 0.6) is 0 Å². The van der Waals surface area contributed by atoms with E-state index in [4.69, 9.17) is 0 Å². The zero-order chi connectivity index (χ0) is 15.3. The van der Waals surface area contributed by atoms with Crippen molar-refractivity contribution in [2.24, 2.45) is 5.92 Å². The van der Waals surface area contributed by atoms with E-state index < -0.39 is 10.2 Å². The maximum Gasteiger partial charge on any atom is 0.279 e. The third-order valence-electron chi connectivity index (χ3n) is 3.68. The van der Waals surface area contributed by atoms with Gasteiger partial charge in [-0.15, -0.1) is 0 Å². The molecule has 7 nitrogen and oxygen atoms in total. The van der Waals surface area contributed by atoms with Gasteiger partial charge in [-0.05, 0) is 39.3 Å². The molecule has 0 aliphatic carbocycles. The highest BCUT2D eigenvalue weighted by atomic mass is 32.2. The van der Waals surface area contributed by atoms with Crippen LogP contribution in [0.2, 0.25) is 0 Å². The molecule has 0 aromatic carbocycles. The molecule has 0 unspecified atom stereocenters. The quantitative estimate of drug-likeness (QED) is 0.775. The Morgan fingerprint density at radius 1 is 1.29 bits per heavy atom.